The van der Waals surface area contributed by atoms with Crippen molar-refractivity contribution in [1.82, 2.24) is 14.9 Å². The van der Waals surface area contributed by atoms with Gasteiger partial charge < -0.3 is 0 Å². The second kappa shape index (κ2) is 6.54. The standard InChI is InChI=1S/C17H20ClN3/c1-13(21-9-3-2-4-10-21)14-5-7-15(8-6-14)16-11-20-17(18)12-19-16/h5-8,11-13H,2-4,9-10H2,1H3/t13-/m1/s1. The van der Waals surface area contributed by atoms with Gasteiger partial charge in [0.15, 0.2) is 0 Å². The number of nitrogens with zero attached hydrogens (tertiary/aromatic N) is 3. The van der Waals surface area contributed by atoms with E-state index in [0.29, 0.717) is 11.2 Å². The van der Waals surface area contributed by atoms with Crippen LogP contribution in [-0.2, 0) is 0 Å². The topological polar surface area (TPSA) is 29.0 Å². The minimum absolute atomic E-state index is 0.425. The van der Waals surface area contributed by atoms with Crippen molar-refractivity contribution in [2.45, 2.75) is 32.2 Å². The van der Waals surface area contributed by atoms with Gasteiger partial charge >= 0.3 is 0 Å². The van der Waals surface area contributed by atoms with Crippen molar-refractivity contribution in [2.75, 3.05) is 13.1 Å². The zero-order chi connectivity index (χ0) is 14.7. The second-order valence-electron chi connectivity index (χ2n) is 5.62. The van der Waals surface area contributed by atoms with Gasteiger partial charge in [-0.1, -0.05) is 42.3 Å². The van der Waals surface area contributed by atoms with Gasteiger partial charge in [0.25, 0.3) is 0 Å². The molecule has 0 bridgehead atoms. The monoisotopic (exact) mass is 301 g/mol. The summed E-state index contributed by atoms with van der Waals surface area (Å²) in [6.45, 7) is 4.72. The van der Waals surface area contributed by atoms with Crippen molar-refractivity contribution in [2.24, 2.45) is 0 Å². The molecule has 2 heterocycles. The summed E-state index contributed by atoms with van der Waals surface area (Å²) in [4.78, 5) is 11.0. The van der Waals surface area contributed by atoms with E-state index in [4.69, 9.17) is 11.6 Å². The highest BCUT2D eigenvalue weighted by molar-refractivity contribution is 6.29. The van der Waals surface area contributed by atoms with E-state index in [1.54, 1.807) is 12.4 Å². The smallest absolute Gasteiger partial charge is 0.147 e. The van der Waals surface area contributed by atoms with E-state index in [2.05, 4.69) is 46.1 Å². The van der Waals surface area contributed by atoms with Gasteiger partial charge in [0.2, 0.25) is 0 Å². The molecule has 3 rings (SSSR count). The SMILES string of the molecule is C[C@H](c1ccc(-c2cnc(Cl)cn2)cc1)N1CCCCC1. The Morgan fingerprint density at radius 2 is 1.71 bits per heavy atom. The minimum atomic E-state index is 0.425. The van der Waals surface area contributed by atoms with Crippen LogP contribution >= 0.6 is 11.6 Å². The molecule has 0 saturated carbocycles. The Morgan fingerprint density at radius 3 is 2.33 bits per heavy atom. The number of hydrogen-bond donors (Lipinski definition) is 0. The van der Waals surface area contributed by atoms with Gasteiger partial charge in [-0.2, -0.15) is 0 Å². The third kappa shape index (κ3) is 3.42. The Balaban J connectivity index is 1.75. The highest BCUT2D eigenvalue weighted by Gasteiger charge is 2.17. The van der Waals surface area contributed by atoms with Crippen molar-refractivity contribution in [3.63, 3.8) is 0 Å². The molecule has 0 radical (unpaired) electrons. The van der Waals surface area contributed by atoms with Gasteiger partial charge in [-0.15, -0.1) is 0 Å². The second-order valence-corrected chi connectivity index (χ2v) is 6.01. The Kier molecular flexibility index (Phi) is 4.51. The summed E-state index contributed by atoms with van der Waals surface area (Å²) in [6, 6.07) is 9.12. The first-order valence-corrected chi connectivity index (χ1v) is 7.94. The fraction of sp³-hybridized carbons (Fsp3) is 0.412. The van der Waals surface area contributed by atoms with Crippen LogP contribution in [0.1, 0.15) is 37.8 Å². The summed E-state index contributed by atoms with van der Waals surface area (Å²) in [6.07, 6.45) is 7.32. The summed E-state index contributed by atoms with van der Waals surface area (Å²) >= 11 is 5.77. The van der Waals surface area contributed by atoms with Crippen LogP contribution in [0.15, 0.2) is 36.7 Å². The maximum Gasteiger partial charge on any atom is 0.147 e. The molecule has 0 aliphatic carbocycles. The zero-order valence-corrected chi connectivity index (χ0v) is 13.1. The molecule has 1 atom stereocenters. The first-order valence-electron chi connectivity index (χ1n) is 7.56. The molecule has 0 spiro atoms. The van der Waals surface area contributed by atoms with E-state index < -0.39 is 0 Å². The number of likely N-dealkylation sites (tertiary alicyclic amines) is 1. The molecular weight excluding hydrogens is 282 g/mol. The molecule has 0 N–H and O–H groups in total. The largest absolute Gasteiger partial charge is 0.297 e. The maximum absolute atomic E-state index is 5.77. The lowest BCUT2D eigenvalue weighted by Gasteiger charge is -2.32. The first kappa shape index (κ1) is 14.5. The van der Waals surface area contributed by atoms with Crippen LogP contribution < -0.4 is 0 Å². The predicted molar refractivity (Wildman–Crippen MR) is 86.3 cm³/mol. The molecule has 4 heteroatoms. The summed E-state index contributed by atoms with van der Waals surface area (Å²) in [5.74, 6) is 0. The van der Waals surface area contributed by atoms with Gasteiger partial charge in [-0.25, -0.2) is 4.98 Å². The van der Waals surface area contributed by atoms with E-state index in [0.717, 1.165) is 11.3 Å². The fourth-order valence-electron chi connectivity index (χ4n) is 2.91. The molecular formula is C17H20ClN3. The molecule has 0 unspecified atom stereocenters. The molecule has 1 aliphatic heterocycles. The number of rotatable bonds is 3. The van der Waals surface area contributed by atoms with E-state index in [1.165, 1.54) is 37.9 Å². The lowest BCUT2D eigenvalue weighted by Crippen LogP contribution is -2.32. The van der Waals surface area contributed by atoms with E-state index in [9.17, 15) is 0 Å². The van der Waals surface area contributed by atoms with Crippen LogP contribution in [-0.4, -0.2) is 28.0 Å². The third-order valence-electron chi connectivity index (χ3n) is 4.25. The van der Waals surface area contributed by atoms with Crippen LogP contribution in [0.3, 0.4) is 0 Å². The van der Waals surface area contributed by atoms with Crippen molar-refractivity contribution >= 4 is 11.6 Å². The molecule has 2 aromatic rings. The van der Waals surface area contributed by atoms with Crippen molar-refractivity contribution in [3.8, 4) is 11.3 Å². The molecule has 21 heavy (non-hydrogen) atoms. The molecule has 110 valence electrons. The van der Waals surface area contributed by atoms with E-state index in [1.807, 2.05) is 0 Å². The summed E-state index contributed by atoms with van der Waals surface area (Å²) in [5.41, 5.74) is 3.30. The average molecular weight is 302 g/mol. The van der Waals surface area contributed by atoms with E-state index >= 15 is 0 Å². The lowest BCUT2D eigenvalue weighted by molar-refractivity contribution is 0.175. The van der Waals surface area contributed by atoms with Crippen LogP contribution in [0.5, 0.6) is 0 Å². The zero-order valence-electron chi connectivity index (χ0n) is 12.3. The minimum Gasteiger partial charge on any atom is -0.297 e. The fourth-order valence-corrected chi connectivity index (χ4v) is 3.01. The van der Waals surface area contributed by atoms with Gasteiger partial charge in [0, 0.05) is 11.6 Å². The number of piperidine rings is 1. The Hall–Kier alpha value is -1.45. The van der Waals surface area contributed by atoms with Crippen molar-refractivity contribution in [1.29, 1.82) is 0 Å². The normalized spacial score (nSPS) is 17.6. The van der Waals surface area contributed by atoms with Gasteiger partial charge in [0.1, 0.15) is 5.15 Å². The van der Waals surface area contributed by atoms with Crippen molar-refractivity contribution < 1.29 is 0 Å². The maximum atomic E-state index is 5.77. The quantitative estimate of drug-likeness (QED) is 0.844. The van der Waals surface area contributed by atoms with Gasteiger partial charge in [-0.3, -0.25) is 9.88 Å². The molecule has 3 nitrogen and oxygen atoms in total. The molecule has 1 fully saturated rings. The molecule has 1 aromatic heterocycles. The highest BCUT2D eigenvalue weighted by atomic mass is 35.5. The van der Waals surface area contributed by atoms with Gasteiger partial charge in [-0.05, 0) is 38.4 Å². The molecule has 1 saturated heterocycles. The lowest BCUT2D eigenvalue weighted by atomic mass is 10.0. The van der Waals surface area contributed by atoms with E-state index in [-0.39, 0.29) is 0 Å². The Labute approximate surface area is 131 Å². The van der Waals surface area contributed by atoms with Crippen LogP contribution in [0.2, 0.25) is 5.15 Å². The molecule has 1 aromatic carbocycles. The summed E-state index contributed by atoms with van der Waals surface area (Å²) in [5, 5.41) is 0.425. The average Bonchev–Trinajstić information content (AvgIpc) is 2.56. The van der Waals surface area contributed by atoms with Gasteiger partial charge in [0.05, 0.1) is 18.1 Å². The number of halogens is 1. The number of aromatic nitrogens is 2. The molecule has 0 amide bonds. The summed E-state index contributed by atoms with van der Waals surface area (Å²) in [7, 11) is 0. The third-order valence-corrected chi connectivity index (χ3v) is 4.44. The predicted octanol–water partition coefficient (Wildman–Crippen LogP) is 4.34. The van der Waals surface area contributed by atoms with Crippen LogP contribution in [0.4, 0.5) is 0 Å². The Morgan fingerprint density at radius 1 is 1.00 bits per heavy atom. The Bertz CT molecular complexity index is 574. The number of hydrogen-bond acceptors (Lipinski definition) is 3. The van der Waals surface area contributed by atoms with Crippen LogP contribution in [0, 0.1) is 0 Å². The first-order chi connectivity index (χ1) is 10.2. The van der Waals surface area contributed by atoms with Crippen LogP contribution in [0.25, 0.3) is 11.3 Å². The molecule has 1 aliphatic rings. The van der Waals surface area contributed by atoms with Crippen molar-refractivity contribution in [3.05, 3.63) is 47.4 Å². The highest BCUT2D eigenvalue weighted by Crippen LogP contribution is 2.26. The number of benzene rings is 1. The summed E-state index contributed by atoms with van der Waals surface area (Å²) < 4.78 is 0.